The molecule has 0 spiro atoms. The average molecular weight is 207 g/mol. The molecule has 0 saturated heterocycles. The fourth-order valence-electron chi connectivity index (χ4n) is 1.15. The van der Waals surface area contributed by atoms with Gasteiger partial charge in [-0.15, -0.1) is 0 Å². The number of hydrogen-bond acceptors (Lipinski definition) is 3. The third-order valence-electron chi connectivity index (χ3n) is 1.78. The first-order valence-electron chi connectivity index (χ1n) is 3.97. The molecule has 1 aromatic carbocycles. The molecule has 72 valence electrons. The van der Waals surface area contributed by atoms with Crippen molar-refractivity contribution in [2.24, 2.45) is 0 Å². The molecule has 4 nitrogen and oxygen atoms in total. The third kappa shape index (κ3) is 1.73. The summed E-state index contributed by atoms with van der Waals surface area (Å²) in [5, 5.41) is 4.00. The standard InChI is InChI=1S/C9H8N2O2S/c12-14(13)9-4-1-3-8(7-9)11-6-2-5-10-11/h1-7H,(H,12,13)/p-1. The van der Waals surface area contributed by atoms with Gasteiger partial charge >= 0.3 is 0 Å². The summed E-state index contributed by atoms with van der Waals surface area (Å²) in [6.45, 7) is 0. The van der Waals surface area contributed by atoms with Crippen molar-refractivity contribution in [1.82, 2.24) is 9.78 Å². The van der Waals surface area contributed by atoms with Gasteiger partial charge in [0, 0.05) is 17.3 Å². The van der Waals surface area contributed by atoms with Crippen molar-refractivity contribution in [2.75, 3.05) is 0 Å². The van der Waals surface area contributed by atoms with E-state index in [1.165, 1.54) is 6.07 Å². The molecule has 0 N–H and O–H groups in total. The van der Waals surface area contributed by atoms with Crippen LogP contribution in [0.5, 0.6) is 0 Å². The Morgan fingerprint density at radius 2 is 2.21 bits per heavy atom. The average Bonchev–Trinajstić information content (AvgIpc) is 2.71. The van der Waals surface area contributed by atoms with E-state index >= 15 is 0 Å². The molecule has 2 rings (SSSR count). The van der Waals surface area contributed by atoms with Crippen molar-refractivity contribution < 1.29 is 8.76 Å². The molecule has 14 heavy (non-hydrogen) atoms. The Bertz CT molecular complexity index is 454. The van der Waals surface area contributed by atoms with Gasteiger partial charge in [-0.3, -0.25) is 4.21 Å². The summed E-state index contributed by atoms with van der Waals surface area (Å²) in [5.74, 6) is 0. The molecular weight excluding hydrogens is 200 g/mol. The molecule has 2 aromatic rings. The molecule has 0 aliphatic heterocycles. The quantitative estimate of drug-likeness (QED) is 0.693. The summed E-state index contributed by atoms with van der Waals surface area (Å²) >= 11 is -2.19. The maximum Gasteiger partial charge on any atom is 0.0657 e. The van der Waals surface area contributed by atoms with Crippen molar-refractivity contribution >= 4 is 11.1 Å². The second-order valence-corrected chi connectivity index (χ2v) is 3.62. The summed E-state index contributed by atoms with van der Waals surface area (Å²) in [6, 6.07) is 8.36. The van der Waals surface area contributed by atoms with E-state index < -0.39 is 11.1 Å². The van der Waals surface area contributed by atoms with E-state index in [0.29, 0.717) is 0 Å². The first-order chi connectivity index (χ1) is 6.77. The second-order valence-electron chi connectivity index (χ2n) is 2.68. The van der Waals surface area contributed by atoms with Gasteiger partial charge in [0.2, 0.25) is 0 Å². The zero-order valence-electron chi connectivity index (χ0n) is 7.16. The van der Waals surface area contributed by atoms with E-state index in [1.54, 1.807) is 41.3 Å². The molecule has 5 heteroatoms. The number of rotatable bonds is 2. The largest absolute Gasteiger partial charge is 0.768 e. The van der Waals surface area contributed by atoms with Gasteiger partial charge in [0.1, 0.15) is 0 Å². The summed E-state index contributed by atoms with van der Waals surface area (Å²) < 4.78 is 23.0. The van der Waals surface area contributed by atoms with Crippen LogP contribution >= 0.6 is 0 Å². The Hall–Kier alpha value is -1.46. The second kappa shape index (κ2) is 3.73. The molecule has 1 unspecified atom stereocenters. The van der Waals surface area contributed by atoms with E-state index in [2.05, 4.69) is 5.10 Å². The van der Waals surface area contributed by atoms with Gasteiger partial charge in [0.05, 0.1) is 5.69 Å². The van der Waals surface area contributed by atoms with Crippen LogP contribution in [-0.2, 0) is 11.1 Å². The van der Waals surface area contributed by atoms with Gasteiger partial charge in [-0.1, -0.05) is 6.07 Å². The Kier molecular flexibility index (Phi) is 2.43. The molecule has 1 heterocycles. The molecule has 1 aromatic heterocycles. The summed E-state index contributed by atoms with van der Waals surface area (Å²) in [7, 11) is 0. The minimum Gasteiger partial charge on any atom is -0.768 e. The van der Waals surface area contributed by atoms with Crippen LogP contribution in [0.25, 0.3) is 5.69 Å². The van der Waals surface area contributed by atoms with Crippen molar-refractivity contribution in [3.63, 3.8) is 0 Å². The minimum atomic E-state index is -2.19. The molecule has 1 atom stereocenters. The predicted octanol–water partition coefficient (Wildman–Crippen LogP) is 1.11. The summed E-state index contributed by atoms with van der Waals surface area (Å²) in [4.78, 5) is 0.262. The van der Waals surface area contributed by atoms with Crippen LogP contribution in [0.4, 0.5) is 0 Å². The predicted molar refractivity (Wildman–Crippen MR) is 50.7 cm³/mol. The van der Waals surface area contributed by atoms with E-state index in [-0.39, 0.29) is 4.90 Å². The lowest BCUT2D eigenvalue weighted by atomic mass is 10.3. The molecule has 0 fully saturated rings. The first kappa shape index (κ1) is 9.11. The van der Waals surface area contributed by atoms with E-state index in [4.69, 9.17) is 0 Å². The van der Waals surface area contributed by atoms with E-state index in [1.807, 2.05) is 0 Å². The van der Waals surface area contributed by atoms with Crippen LogP contribution in [0.2, 0.25) is 0 Å². The molecule has 0 aliphatic rings. The number of nitrogens with zero attached hydrogens (tertiary/aromatic N) is 2. The topological polar surface area (TPSA) is 57.9 Å². The Labute approximate surface area is 83.5 Å². The Morgan fingerprint density at radius 3 is 2.86 bits per heavy atom. The van der Waals surface area contributed by atoms with Gasteiger partial charge in [-0.05, 0) is 35.3 Å². The normalized spacial score (nSPS) is 12.6. The fourth-order valence-corrected chi connectivity index (χ4v) is 1.56. The maximum atomic E-state index is 10.7. The molecule has 0 aliphatic carbocycles. The maximum absolute atomic E-state index is 10.7. The van der Waals surface area contributed by atoms with Gasteiger partial charge in [0.25, 0.3) is 0 Å². The monoisotopic (exact) mass is 207 g/mol. The Balaban J connectivity index is 2.46. The van der Waals surface area contributed by atoms with Gasteiger partial charge in [-0.25, -0.2) is 4.68 Å². The highest BCUT2D eigenvalue weighted by atomic mass is 32.2. The molecule has 0 bridgehead atoms. The summed E-state index contributed by atoms with van der Waals surface area (Å²) in [6.07, 6.45) is 3.40. The SMILES string of the molecule is O=S([O-])c1cccc(-n2cccn2)c1. The van der Waals surface area contributed by atoms with Crippen LogP contribution in [0.15, 0.2) is 47.6 Å². The smallest absolute Gasteiger partial charge is 0.0657 e. The lowest BCUT2D eigenvalue weighted by Gasteiger charge is -2.07. The Morgan fingerprint density at radius 1 is 1.36 bits per heavy atom. The van der Waals surface area contributed by atoms with Crippen LogP contribution in [0, 0.1) is 0 Å². The third-order valence-corrected chi connectivity index (χ3v) is 2.42. The first-order valence-corrected chi connectivity index (χ1v) is 5.04. The van der Waals surface area contributed by atoms with Crippen molar-refractivity contribution in [2.45, 2.75) is 4.90 Å². The van der Waals surface area contributed by atoms with Gasteiger partial charge in [0.15, 0.2) is 0 Å². The number of aromatic nitrogens is 2. The fraction of sp³-hybridized carbons (Fsp3) is 0. The van der Waals surface area contributed by atoms with E-state index in [0.717, 1.165) is 5.69 Å². The zero-order chi connectivity index (χ0) is 9.97. The highest BCUT2D eigenvalue weighted by molar-refractivity contribution is 7.79. The van der Waals surface area contributed by atoms with Crippen LogP contribution < -0.4 is 0 Å². The summed E-state index contributed by atoms with van der Waals surface area (Å²) in [5.41, 5.74) is 0.733. The highest BCUT2D eigenvalue weighted by Gasteiger charge is 1.97. The number of hydrogen-bond donors (Lipinski definition) is 0. The van der Waals surface area contributed by atoms with Gasteiger partial charge in [-0.2, -0.15) is 5.10 Å². The van der Waals surface area contributed by atoms with Gasteiger partial charge < -0.3 is 4.55 Å². The lowest BCUT2D eigenvalue weighted by Crippen LogP contribution is -1.96. The van der Waals surface area contributed by atoms with Crippen molar-refractivity contribution in [1.29, 1.82) is 0 Å². The molecule has 0 radical (unpaired) electrons. The lowest BCUT2D eigenvalue weighted by molar-refractivity contribution is 0.537. The molecule has 0 saturated carbocycles. The van der Waals surface area contributed by atoms with Crippen LogP contribution in [0.3, 0.4) is 0 Å². The van der Waals surface area contributed by atoms with Crippen LogP contribution in [-0.4, -0.2) is 18.5 Å². The number of benzene rings is 1. The van der Waals surface area contributed by atoms with Crippen LogP contribution in [0.1, 0.15) is 0 Å². The minimum absolute atomic E-state index is 0.262. The van der Waals surface area contributed by atoms with Crippen molar-refractivity contribution in [3.8, 4) is 5.69 Å². The molecule has 0 amide bonds. The van der Waals surface area contributed by atoms with E-state index in [9.17, 15) is 8.76 Å². The zero-order valence-corrected chi connectivity index (χ0v) is 7.98. The van der Waals surface area contributed by atoms with Crippen molar-refractivity contribution in [3.05, 3.63) is 42.7 Å². The highest BCUT2D eigenvalue weighted by Crippen LogP contribution is 2.11. The molecular formula is C9H7N2O2S-.